The lowest BCUT2D eigenvalue weighted by Gasteiger charge is -2.43. The zero-order chi connectivity index (χ0) is 13.8. The van der Waals surface area contributed by atoms with Crippen molar-refractivity contribution in [3.63, 3.8) is 0 Å². The highest BCUT2D eigenvalue weighted by molar-refractivity contribution is 5.05. The Morgan fingerprint density at radius 3 is 2.78 bits per heavy atom. The summed E-state index contributed by atoms with van der Waals surface area (Å²) < 4.78 is 5.62. The first-order valence-electron chi connectivity index (χ1n) is 6.77. The van der Waals surface area contributed by atoms with E-state index in [1.165, 1.54) is 0 Å². The molecule has 4 nitrogen and oxygen atoms in total. The van der Waals surface area contributed by atoms with Gasteiger partial charge in [-0.3, -0.25) is 4.90 Å². The van der Waals surface area contributed by atoms with E-state index in [4.69, 9.17) is 4.74 Å². The summed E-state index contributed by atoms with van der Waals surface area (Å²) in [5.41, 5.74) is -0.477. The lowest BCUT2D eigenvalue weighted by molar-refractivity contribution is -0.0614. The topological polar surface area (TPSA) is 48.3 Å². The number of methoxy groups -OCH3 is 1. The molecule has 0 aromatic carbocycles. The number of nitrogens with one attached hydrogen (secondary N) is 1. The Hall–Kier alpha value is -0.630. The third-order valence-electron chi connectivity index (χ3n) is 4.31. The van der Waals surface area contributed by atoms with E-state index in [-0.39, 0.29) is 5.60 Å². The Balaban J connectivity index is 2.62. The molecule has 0 aromatic heterocycles. The number of rotatable bonds is 5. The van der Waals surface area contributed by atoms with Gasteiger partial charge in [0.2, 0.25) is 0 Å². The SMILES string of the molecule is CNC(C)(C#N)CC(C)N1CCCC(C)(OC)C1. The molecular formula is C14H27N3O. The zero-order valence-electron chi connectivity index (χ0n) is 12.4. The highest BCUT2D eigenvalue weighted by atomic mass is 16.5. The first kappa shape index (κ1) is 15.4. The van der Waals surface area contributed by atoms with E-state index in [2.05, 4.69) is 30.1 Å². The van der Waals surface area contributed by atoms with Crippen molar-refractivity contribution in [2.45, 2.75) is 57.2 Å². The number of likely N-dealkylation sites (tertiary alicyclic amines) is 1. The van der Waals surface area contributed by atoms with Crippen molar-refractivity contribution in [3.8, 4) is 6.07 Å². The van der Waals surface area contributed by atoms with Crippen molar-refractivity contribution in [2.75, 3.05) is 27.2 Å². The summed E-state index contributed by atoms with van der Waals surface area (Å²) in [5, 5.41) is 12.3. The van der Waals surface area contributed by atoms with Gasteiger partial charge in [-0.2, -0.15) is 5.26 Å². The normalized spacial score (nSPS) is 30.4. The van der Waals surface area contributed by atoms with Gasteiger partial charge in [0.1, 0.15) is 5.54 Å². The van der Waals surface area contributed by atoms with Crippen LogP contribution in [0.5, 0.6) is 0 Å². The van der Waals surface area contributed by atoms with E-state index < -0.39 is 5.54 Å². The van der Waals surface area contributed by atoms with E-state index in [9.17, 15) is 5.26 Å². The minimum absolute atomic E-state index is 0.0325. The second-order valence-corrected chi connectivity index (χ2v) is 5.98. The van der Waals surface area contributed by atoms with Gasteiger partial charge in [-0.15, -0.1) is 0 Å². The molecule has 0 aromatic rings. The number of nitriles is 1. The lowest BCUT2D eigenvalue weighted by Crippen LogP contribution is -2.53. The molecule has 1 saturated heterocycles. The Labute approximate surface area is 111 Å². The second kappa shape index (κ2) is 6.01. The summed E-state index contributed by atoms with van der Waals surface area (Å²) in [5.74, 6) is 0. The van der Waals surface area contributed by atoms with E-state index in [1.54, 1.807) is 7.11 Å². The molecule has 4 heteroatoms. The van der Waals surface area contributed by atoms with Gasteiger partial charge in [0.05, 0.1) is 11.7 Å². The third kappa shape index (κ3) is 3.68. The molecule has 0 amide bonds. The fourth-order valence-electron chi connectivity index (χ4n) is 2.71. The Morgan fingerprint density at radius 1 is 1.61 bits per heavy atom. The van der Waals surface area contributed by atoms with Crippen LogP contribution in [0.2, 0.25) is 0 Å². The van der Waals surface area contributed by atoms with Gasteiger partial charge >= 0.3 is 0 Å². The Kier molecular flexibility index (Phi) is 5.15. The molecule has 1 rings (SSSR count). The molecular weight excluding hydrogens is 226 g/mol. The molecule has 18 heavy (non-hydrogen) atoms. The fraction of sp³-hybridized carbons (Fsp3) is 0.929. The monoisotopic (exact) mass is 253 g/mol. The molecule has 0 saturated carbocycles. The van der Waals surface area contributed by atoms with Crippen LogP contribution >= 0.6 is 0 Å². The first-order valence-corrected chi connectivity index (χ1v) is 6.77. The molecule has 1 aliphatic rings. The van der Waals surface area contributed by atoms with Crippen molar-refractivity contribution >= 4 is 0 Å². The van der Waals surface area contributed by atoms with Gasteiger partial charge in [-0.25, -0.2) is 0 Å². The second-order valence-electron chi connectivity index (χ2n) is 5.98. The van der Waals surface area contributed by atoms with Crippen LogP contribution in [0.15, 0.2) is 0 Å². The minimum atomic E-state index is -0.444. The van der Waals surface area contributed by atoms with Gasteiger partial charge in [0.15, 0.2) is 0 Å². The number of ether oxygens (including phenoxy) is 1. The standard InChI is InChI=1S/C14H27N3O/c1-12(9-13(2,10-15)16-4)17-8-6-7-14(3,11-17)18-5/h12,16H,6-9,11H2,1-5H3. The predicted octanol–water partition coefficient (Wildman–Crippen LogP) is 1.77. The Bertz CT molecular complexity index is 315. The van der Waals surface area contributed by atoms with E-state index >= 15 is 0 Å². The quantitative estimate of drug-likeness (QED) is 0.811. The van der Waals surface area contributed by atoms with Crippen LogP contribution in [0.1, 0.15) is 40.0 Å². The molecule has 1 fully saturated rings. The van der Waals surface area contributed by atoms with Gasteiger partial charge in [0, 0.05) is 19.7 Å². The van der Waals surface area contributed by atoms with E-state index in [1.807, 2.05) is 14.0 Å². The average Bonchev–Trinajstić information content (AvgIpc) is 2.38. The molecule has 3 unspecified atom stereocenters. The fourth-order valence-corrected chi connectivity index (χ4v) is 2.71. The zero-order valence-corrected chi connectivity index (χ0v) is 12.4. The Morgan fingerprint density at radius 2 is 2.28 bits per heavy atom. The summed E-state index contributed by atoms with van der Waals surface area (Å²) in [4.78, 5) is 2.44. The number of hydrogen-bond acceptors (Lipinski definition) is 4. The van der Waals surface area contributed by atoms with Crippen LogP contribution < -0.4 is 5.32 Å². The van der Waals surface area contributed by atoms with Crippen LogP contribution in [0.25, 0.3) is 0 Å². The highest BCUT2D eigenvalue weighted by Crippen LogP contribution is 2.27. The van der Waals surface area contributed by atoms with Crippen molar-refractivity contribution in [1.29, 1.82) is 5.26 Å². The first-order chi connectivity index (χ1) is 8.38. The molecule has 1 heterocycles. The lowest BCUT2D eigenvalue weighted by atomic mass is 9.90. The predicted molar refractivity (Wildman–Crippen MR) is 73.4 cm³/mol. The third-order valence-corrected chi connectivity index (χ3v) is 4.31. The molecule has 3 atom stereocenters. The van der Waals surface area contributed by atoms with E-state index in [0.717, 1.165) is 32.4 Å². The van der Waals surface area contributed by atoms with Gasteiger partial charge < -0.3 is 10.1 Å². The van der Waals surface area contributed by atoms with Gasteiger partial charge in [-0.1, -0.05) is 0 Å². The number of hydrogen-bond donors (Lipinski definition) is 1. The van der Waals surface area contributed by atoms with Crippen LogP contribution in [-0.4, -0.2) is 49.3 Å². The summed E-state index contributed by atoms with van der Waals surface area (Å²) in [6, 6.07) is 2.75. The van der Waals surface area contributed by atoms with Gasteiger partial charge in [0.25, 0.3) is 0 Å². The smallest absolute Gasteiger partial charge is 0.105 e. The number of piperidine rings is 1. The summed E-state index contributed by atoms with van der Waals surface area (Å²) in [6.07, 6.45) is 3.12. The summed E-state index contributed by atoms with van der Waals surface area (Å²) >= 11 is 0. The van der Waals surface area contributed by atoms with Crippen molar-refractivity contribution in [3.05, 3.63) is 0 Å². The van der Waals surface area contributed by atoms with Crippen LogP contribution in [0.3, 0.4) is 0 Å². The van der Waals surface area contributed by atoms with Crippen molar-refractivity contribution in [1.82, 2.24) is 10.2 Å². The van der Waals surface area contributed by atoms with E-state index in [0.29, 0.717) is 6.04 Å². The van der Waals surface area contributed by atoms with Crippen LogP contribution in [0.4, 0.5) is 0 Å². The largest absolute Gasteiger partial charge is 0.377 e. The summed E-state index contributed by atoms with van der Waals surface area (Å²) in [7, 11) is 3.65. The van der Waals surface area contributed by atoms with Gasteiger partial charge in [-0.05, 0) is 53.6 Å². The maximum Gasteiger partial charge on any atom is 0.105 e. The maximum absolute atomic E-state index is 9.23. The van der Waals surface area contributed by atoms with Crippen LogP contribution in [-0.2, 0) is 4.74 Å². The average molecular weight is 253 g/mol. The molecule has 0 bridgehead atoms. The molecule has 0 aliphatic carbocycles. The molecule has 1 N–H and O–H groups in total. The molecule has 0 radical (unpaired) electrons. The van der Waals surface area contributed by atoms with Crippen molar-refractivity contribution < 1.29 is 4.74 Å². The van der Waals surface area contributed by atoms with Crippen LogP contribution in [0, 0.1) is 11.3 Å². The highest BCUT2D eigenvalue weighted by Gasteiger charge is 2.35. The summed E-state index contributed by atoms with van der Waals surface area (Å²) in [6.45, 7) is 8.39. The molecule has 104 valence electrons. The number of nitrogens with zero attached hydrogens (tertiary/aromatic N) is 2. The maximum atomic E-state index is 9.23. The molecule has 1 aliphatic heterocycles. The van der Waals surface area contributed by atoms with Crippen molar-refractivity contribution in [2.24, 2.45) is 0 Å². The molecule has 0 spiro atoms. The minimum Gasteiger partial charge on any atom is -0.377 e.